The summed E-state index contributed by atoms with van der Waals surface area (Å²) in [6, 6.07) is 0. The van der Waals surface area contributed by atoms with Crippen molar-refractivity contribution in [3.63, 3.8) is 0 Å². The van der Waals surface area contributed by atoms with Crippen molar-refractivity contribution >= 4 is 0 Å². The van der Waals surface area contributed by atoms with Crippen molar-refractivity contribution < 1.29 is 55.3 Å². The second-order valence-electron chi connectivity index (χ2n) is 0. The Bertz CT molecular complexity index is 4.00. The van der Waals surface area contributed by atoms with E-state index < -0.39 is 0 Å². The van der Waals surface area contributed by atoms with Crippen molar-refractivity contribution in [2.45, 2.75) is 0 Å². The molecule has 2 nitrogen and oxygen atoms in total. The summed E-state index contributed by atoms with van der Waals surface area (Å²) in [5.41, 5.74) is 0. The first-order valence-corrected chi connectivity index (χ1v) is 0.167. The molecule has 0 aromatic rings. The van der Waals surface area contributed by atoms with Crippen molar-refractivity contribution in [1.29, 1.82) is 0 Å². The molecule has 0 spiro atoms. The Balaban J connectivity index is -0.00000000500. The molecule has 0 rings (SSSR count). The molecule has 0 unspecified atom stereocenters. The first-order valence-electron chi connectivity index (χ1n) is 0.167. The first-order chi connectivity index (χ1) is 1.00. The molecule has 4 heteroatoms. The van der Waals surface area contributed by atoms with Gasteiger partial charge in [-0.05, 0) is 0 Å². The topological polar surface area (TPSA) is 46.1 Å². The molecule has 0 aromatic heterocycles. The summed E-state index contributed by atoms with van der Waals surface area (Å²) in [5, 5.41) is 14.0. The summed E-state index contributed by atoms with van der Waals surface area (Å²) in [4.78, 5) is 0. The zero-order valence-corrected chi connectivity index (χ0v) is 4.38. The predicted molar refractivity (Wildman–Crippen MR) is 0 cm³/mol. The van der Waals surface area contributed by atoms with Crippen LogP contribution in [0.4, 0.5) is 0 Å². The monoisotopic (exact) mass is 246 g/mol. The van der Waals surface area contributed by atoms with Crippen LogP contribution in [0.25, 0.3) is 0 Å². The quantitative estimate of drug-likeness (QED) is 0.273. The Labute approximate surface area is 55.2 Å². The largest absolute Gasteiger partial charge is 1.00 e. The van der Waals surface area contributed by atoms with E-state index >= 15 is 0 Å². The molecule has 0 fully saturated rings. The van der Waals surface area contributed by atoms with E-state index in [1.807, 2.05) is 0 Å². The maximum Gasteiger partial charge on any atom is 1.00 e. The molecular formula is Ag2O2. The van der Waals surface area contributed by atoms with Gasteiger partial charge in [0.05, 0.1) is 0 Å². The maximum absolute atomic E-state index is 7.00. The normalized spacial score (nSPS) is 1.50. The van der Waals surface area contributed by atoms with E-state index in [1.54, 1.807) is 0 Å². The SMILES string of the molecule is [Ag+].[Ag+].[O-][O-]. The predicted octanol–water partition coefficient (Wildman–Crippen LogP) is -2.38. The third-order valence-electron chi connectivity index (χ3n) is 0. The number of hydrogen-bond acceptors (Lipinski definition) is 2. The van der Waals surface area contributed by atoms with Crippen LogP contribution in [0.3, 0.4) is 0 Å². The van der Waals surface area contributed by atoms with Crippen LogP contribution < -0.4 is 10.5 Å². The van der Waals surface area contributed by atoms with Gasteiger partial charge in [-0.25, -0.2) is 0 Å². The molecule has 0 heterocycles. The average Bonchev–Trinajstić information content (AvgIpc) is 1.00. The molecule has 0 N–H and O–H groups in total. The smallest absolute Gasteiger partial charge is 1.00 e. The minimum Gasteiger partial charge on any atom is -1.00 e. The van der Waals surface area contributed by atoms with Gasteiger partial charge in [0.1, 0.15) is 0 Å². The van der Waals surface area contributed by atoms with Crippen molar-refractivity contribution in [3.8, 4) is 0 Å². The van der Waals surface area contributed by atoms with Crippen LogP contribution in [0.1, 0.15) is 0 Å². The molecule has 0 aromatic carbocycles. The minimum atomic E-state index is 0. The van der Waals surface area contributed by atoms with Gasteiger partial charge in [0, 0.05) is 0 Å². The summed E-state index contributed by atoms with van der Waals surface area (Å²) in [7, 11) is 0. The van der Waals surface area contributed by atoms with Crippen LogP contribution in [0.5, 0.6) is 0 Å². The van der Waals surface area contributed by atoms with Crippen LogP contribution in [0, 0.1) is 0 Å². The molecule has 0 aliphatic heterocycles. The van der Waals surface area contributed by atoms with Crippen molar-refractivity contribution in [3.05, 3.63) is 0 Å². The van der Waals surface area contributed by atoms with E-state index in [-0.39, 0.29) is 44.8 Å². The van der Waals surface area contributed by atoms with E-state index in [4.69, 9.17) is 10.5 Å². The summed E-state index contributed by atoms with van der Waals surface area (Å²) < 4.78 is 0. The van der Waals surface area contributed by atoms with Crippen molar-refractivity contribution in [2.24, 2.45) is 0 Å². The molecule has 0 amide bonds. The van der Waals surface area contributed by atoms with E-state index in [9.17, 15) is 0 Å². The Morgan fingerprint density at radius 1 is 0.750 bits per heavy atom. The standard InChI is InChI=1S/2Ag.O2/c;;1-2/q2*+1;-2. The molecule has 0 aliphatic carbocycles. The Kier molecular flexibility index (Phi) is 118. The van der Waals surface area contributed by atoms with Crippen LogP contribution in [-0.4, -0.2) is 0 Å². The number of hydrogen-bond donors (Lipinski definition) is 0. The molecule has 0 atom stereocenters. The zero-order valence-electron chi connectivity index (χ0n) is 1.42. The Hall–Kier alpha value is 1.40. The van der Waals surface area contributed by atoms with Crippen LogP contribution in [0.2, 0.25) is 0 Å². The molecule has 4 heavy (non-hydrogen) atoms. The molecular weight excluding hydrogens is 248 g/mol. The molecule has 0 saturated heterocycles. The van der Waals surface area contributed by atoms with Gasteiger partial charge in [-0.1, -0.05) is 0 Å². The molecule has 0 saturated carbocycles. The van der Waals surface area contributed by atoms with Gasteiger partial charge in [-0.3, -0.25) is 0 Å². The average molecular weight is 248 g/mol. The van der Waals surface area contributed by atoms with E-state index in [0.717, 1.165) is 0 Å². The maximum atomic E-state index is 7.00. The van der Waals surface area contributed by atoms with Crippen LogP contribution in [-0.2, 0) is 44.8 Å². The number of rotatable bonds is 0. The van der Waals surface area contributed by atoms with Gasteiger partial charge < -0.3 is 10.5 Å². The molecule has 0 bridgehead atoms. The Morgan fingerprint density at radius 2 is 0.750 bits per heavy atom. The molecule has 34 valence electrons. The van der Waals surface area contributed by atoms with Crippen LogP contribution in [0.15, 0.2) is 0 Å². The van der Waals surface area contributed by atoms with E-state index in [2.05, 4.69) is 0 Å². The minimum absolute atomic E-state index is 0. The molecule has 0 radical (unpaired) electrons. The van der Waals surface area contributed by atoms with E-state index in [1.165, 1.54) is 0 Å². The van der Waals surface area contributed by atoms with Crippen molar-refractivity contribution in [2.75, 3.05) is 0 Å². The summed E-state index contributed by atoms with van der Waals surface area (Å²) in [6.45, 7) is 0. The summed E-state index contributed by atoms with van der Waals surface area (Å²) in [5.74, 6) is 0. The fraction of sp³-hybridized carbons (Fsp3) is 0. The third-order valence-corrected chi connectivity index (χ3v) is 0. The van der Waals surface area contributed by atoms with Gasteiger partial charge in [-0.15, -0.1) is 0 Å². The second kappa shape index (κ2) is 25.9. The van der Waals surface area contributed by atoms with Crippen LogP contribution >= 0.6 is 0 Å². The Morgan fingerprint density at radius 3 is 0.750 bits per heavy atom. The summed E-state index contributed by atoms with van der Waals surface area (Å²) in [6.07, 6.45) is 0. The van der Waals surface area contributed by atoms with Gasteiger partial charge in [0.15, 0.2) is 0 Å². The van der Waals surface area contributed by atoms with E-state index in [0.29, 0.717) is 0 Å². The zero-order chi connectivity index (χ0) is 2.00. The fourth-order valence-corrected chi connectivity index (χ4v) is 0. The third kappa shape index (κ3) is 9.99. The van der Waals surface area contributed by atoms with Gasteiger partial charge in [-0.2, -0.15) is 0 Å². The first kappa shape index (κ1) is 18.1. The second-order valence-corrected chi connectivity index (χ2v) is 0. The van der Waals surface area contributed by atoms with Gasteiger partial charge >= 0.3 is 44.8 Å². The van der Waals surface area contributed by atoms with Crippen molar-refractivity contribution in [1.82, 2.24) is 0 Å². The summed E-state index contributed by atoms with van der Waals surface area (Å²) >= 11 is 0. The van der Waals surface area contributed by atoms with Gasteiger partial charge in [0.25, 0.3) is 0 Å². The molecule has 0 aliphatic rings. The fourth-order valence-electron chi connectivity index (χ4n) is 0. The van der Waals surface area contributed by atoms with Gasteiger partial charge in [0.2, 0.25) is 0 Å².